The molecular formula is C11H17NO3S. The number of aryl methyl sites for hydroxylation is 1. The Bertz CT molecular complexity index is 332. The number of carbonyl (C=O) groups is 1. The molecule has 0 aliphatic carbocycles. The van der Waals surface area contributed by atoms with Crippen molar-refractivity contribution < 1.29 is 15.0 Å². The van der Waals surface area contributed by atoms with Crippen LogP contribution in [0.15, 0.2) is 11.4 Å². The van der Waals surface area contributed by atoms with Crippen molar-refractivity contribution in [3.05, 3.63) is 21.9 Å². The predicted octanol–water partition coefficient (Wildman–Crippen LogP) is 0.737. The minimum Gasteiger partial charge on any atom is -0.395 e. The van der Waals surface area contributed by atoms with Crippen LogP contribution in [0.3, 0.4) is 0 Å². The molecular weight excluding hydrogens is 226 g/mol. The number of thiophene rings is 1. The molecule has 1 rings (SSSR count). The highest BCUT2D eigenvalue weighted by Gasteiger charge is 2.18. The summed E-state index contributed by atoms with van der Waals surface area (Å²) in [6, 6.07) is 1.94. The molecule has 16 heavy (non-hydrogen) atoms. The Morgan fingerprint density at radius 2 is 2.00 bits per heavy atom. The first-order chi connectivity index (χ1) is 7.74. The molecule has 0 unspecified atom stereocenters. The second kappa shape index (κ2) is 6.62. The van der Waals surface area contributed by atoms with Crippen LogP contribution < -0.4 is 0 Å². The van der Waals surface area contributed by atoms with Gasteiger partial charge in [-0.3, -0.25) is 4.79 Å². The number of aliphatic hydroxyl groups is 2. The number of hydrogen-bond donors (Lipinski definition) is 2. The molecule has 1 amide bonds. The number of nitrogens with zero attached hydrogens (tertiary/aromatic N) is 1. The molecule has 0 saturated carbocycles. The van der Waals surface area contributed by atoms with Gasteiger partial charge in [-0.25, -0.2) is 0 Å². The molecule has 0 spiro atoms. The van der Waals surface area contributed by atoms with Gasteiger partial charge in [0.1, 0.15) is 0 Å². The molecule has 4 nitrogen and oxygen atoms in total. The minimum atomic E-state index is -0.102. The maximum absolute atomic E-state index is 12.1. The summed E-state index contributed by atoms with van der Waals surface area (Å²) in [6.07, 6.45) is 0.816. The van der Waals surface area contributed by atoms with Crippen LogP contribution in [0.4, 0.5) is 0 Å². The zero-order valence-electron chi connectivity index (χ0n) is 9.35. The highest BCUT2D eigenvalue weighted by Crippen LogP contribution is 2.19. The number of aliphatic hydroxyl groups excluding tert-OH is 2. The lowest BCUT2D eigenvalue weighted by molar-refractivity contribution is 0.0688. The molecule has 1 aromatic rings. The van der Waals surface area contributed by atoms with Crippen molar-refractivity contribution >= 4 is 17.2 Å². The molecule has 0 atom stereocenters. The summed E-state index contributed by atoms with van der Waals surface area (Å²) in [6.45, 7) is 2.36. The molecule has 0 saturated heterocycles. The summed E-state index contributed by atoms with van der Waals surface area (Å²) in [5.74, 6) is -0.102. The molecule has 0 aliphatic heterocycles. The lowest BCUT2D eigenvalue weighted by Gasteiger charge is -2.20. The van der Waals surface area contributed by atoms with Crippen LogP contribution in [0.5, 0.6) is 0 Å². The monoisotopic (exact) mass is 243 g/mol. The second-order valence-electron chi connectivity index (χ2n) is 3.37. The first-order valence-electron chi connectivity index (χ1n) is 5.32. The van der Waals surface area contributed by atoms with Crippen molar-refractivity contribution in [1.82, 2.24) is 4.90 Å². The van der Waals surface area contributed by atoms with Crippen LogP contribution >= 0.6 is 11.3 Å². The fourth-order valence-electron chi connectivity index (χ4n) is 1.50. The van der Waals surface area contributed by atoms with Gasteiger partial charge in [0.15, 0.2) is 0 Å². The fraction of sp³-hybridized carbons (Fsp3) is 0.545. The number of rotatable bonds is 6. The van der Waals surface area contributed by atoms with E-state index < -0.39 is 0 Å². The maximum atomic E-state index is 12.1. The predicted molar refractivity (Wildman–Crippen MR) is 63.8 cm³/mol. The summed E-state index contributed by atoms with van der Waals surface area (Å²) in [7, 11) is 0. The van der Waals surface area contributed by atoms with Gasteiger partial charge >= 0.3 is 0 Å². The summed E-state index contributed by atoms with van der Waals surface area (Å²) in [5, 5.41) is 19.6. The molecule has 1 aromatic heterocycles. The van der Waals surface area contributed by atoms with E-state index in [-0.39, 0.29) is 32.2 Å². The Hall–Kier alpha value is -0.910. The average molecular weight is 243 g/mol. The first kappa shape index (κ1) is 13.2. The lowest BCUT2D eigenvalue weighted by atomic mass is 10.2. The Labute approximate surface area is 99.1 Å². The van der Waals surface area contributed by atoms with Crippen LogP contribution in [-0.2, 0) is 6.42 Å². The Balaban J connectivity index is 2.81. The van der Waals surface area contributed by atoms with Crippen molar-refractivity contribution in [3.8, 4) is 0 Å². The van der Waals surface area contributed by atoms with Crippen LogP contribution in [0, 0.1) is 0 Å². The van der Waals surface area contributed by atoms with E-state index in [1.54, 1.807) is 0 Å². The highest BCUT2D eigenvalue weighted by molar-refractivity contribution is 7.12. The SMILES string of the molecule is CCc1ccsc1C(=O)N(CCO)CCO. The van der Waals surface area contributed by atoms with Crippen LogP contribution in [0.2, 0.25) is 0 Å². The Morgan fingerprint density at radius 3 is 2.50 bits per heavy atom. The molecule has 0 bridgehead atoms. The molecule has 5 heteroatoms. The Morgan fingerprint density at radius 1 is 1.38 bits per heavy atom. The minimum absolute atomic E-state index is 0.0847. The van der Waals surface area contributed by atoms with Gasteiger partial charge in [-0.15, -0.1) is 11.3 Å². The lowest BCUT2D eigenvalue weighted by Crippen LogP contribution is -2.35. The second-order valence-corrected chi connectivity index (χ2v) is 4.28. The molecule has 0 fully saturated rings. The Kier molecular flexibility index (Phi) is 5.45. The van der Waals surface area contributed by atoms with Crippen molar-refractivity contribution in [2.24, 2.45) is 0 Å². The summed E-state index contributed by atoms with van der Waals surface area (Å²) in [4.78, 5) is 14.3. The van der Waals surface area contributed by atoms with Crippen molar-refractivity contribution in [2.45, 2.75) is 13.3 Å². The molecule has 0 aromatic carbocycles. The van der Waals surface area contributed by atoms with Gasteiger partial charge in [0.25, 0.3) is 5.91 Å². The van der Waals surface area contributed by atoms with Gasteiger partial charge in [0.2, 0.25) is 0 Å². The third-order valence-corrected chi connectivity index (χ3v) is 3.29. The molecule has 0 radical (unpaired) electrons. The first-order valence-corrected chi connectivity index (χ1v) is 6.19. The van der Waals surface area contributed by atoms with E-state index >= 15 is 0 Å². The molecule has 90 valence electrons. The van der Waals surface area contributed by atoms with Gasteiger partial charge in [0, 0.05) is 13.1 Å². The van der Waals surface area contributed by atoms with Gasteiger partial charge in [-0.2, -0.15) is 0 Å². The summed E-state index contributed by atoms with van der Waals surface area (Å²) >= 11 is 1.41. The van der Waals surface area contributed by atoms with Gasteiger partial charge < -0.3 is 15.1 Å². The van der Waals surface area contributed by atoms with E-state index in [0.29, 0.717) is 4.88 Å². The summed E-state index contributed by atoms with van der Waals surface area (Å²) < 4.78 is 0. The van der Waals surface area contributed by atoms with E-state index in [1.807, 2.05) is 18.4 Å². The van der Waals surface area contributed by atoms with Gasteiger partial charge in [0.05, 0.1) is 18.1 Å². The zero-order chi connectivity index (χ0) is 12.0. The largest absolute Gasteiger partial charge is 0.395 e. The number of amides is 1. The van der Waals surface area contributed by atoms with E-state index in [9.17, 15) is 4.79 Å². The highest BCUT2D eigenvalue weighted by atomic mass is 32.1. The van der Waals surface area contributed by atoms with Crippen molar-refractivity contribution in [3.63, 3.8) is 0 Å². The topological polar surface area (TPSA) is 60.8 Å². The standard InChI is InChI=1S/C11H17NO3S/c1-2-9-3-8-16-10(9)11(15)12(4-6-13)5-7-14/h3,8,13-14H,2,4-7H2,1H3. The molecule has 1 heterocycles. The fourth-order valence-corrected chi connectivity index (χ4v) is 2.46. The zero-order valence-corrected chi connectivity index (χ0v) is 10.2. The van der Waals surface area contributed by atoms with Crippen LogP contribution in [-0.4, -0.2) is 47.3 Å². The van der Waals surface area contributed by atoms with Crippen LogP contribution in [0.1, 0.15) is 22.2 Å². The van der Waals surface area contributed by atoms with Crippen LogP contribution in [0.25, 0.3) is 0 Å². The number of hydrogen-bond acceptors (Lipinski definition) is 4. The third-order valence-electron chi connectivity index (χ3n) is 2.35. The number of carbonyl (C=O) groups excluding carboxylic acids is 1. The van der Waals surface area contributed by atoms with Crippen molar-refractivity contribution in [1.29, 1.82) is 0 Å². The molecule has 0 aliphatic rings. The van der Waals surface area contributed by atoms with Gasteiger partial charge in [-0.1, -0.05) is 6.92 Å². The van der Waals surface area contributed by atoms with E-state index in [2.05, 4.69) is 0 Å². The van der Waals surface area contributed by atoms with E-state index in [0.717, 1.165) is 12.0 Å². The normalized spacial score (nSPS) is 10.4. The maximum Gasteiger partial charge on any atom is 0.264 e. The quantitative estimate of drug-likeness (QED) is 0.774. The van der Waals surface area contributed by atoms with E-state index in [4.69, 9.17) is 10.2 Å². The van der Waals surface area contributed by atoms with Gasteiger partial charge in [-0.05, 0) is 23.4 Å². The average Bonchev–Trinajstić information content (AvgIpc) is 2.75. The summed E-state index contributed by atoms with van der Waals surface area (Å²) in [5.41, 5.74) is 1.02. The third kappa shape index (κ3) is 3.04. The molecule has 2 N–H and O–H groups in total. The van der Waals surface area contributed by atoms with E-state index in [1.165, 1.54) is 16.2 Å². The van der Waals surface area contributed by atoms with Crippen molar-refractivity contribution in [2.75, 3.05) is 26.3 Å². The smallest absolute Gasteiger partial charge is 0.264 e.